The Morgan fingerprint density at radius 1 is 1.37 bits per heavy atom. The number of amides is 1. The molecule has 0 radical (unpaired) electrons. The Bertz CT molecular complexity index is 429. The van der Waals surface area contributed by atoms with Gasteiger partial charge < -0.3 is 10.2 Å². The second-order valence-corrected chi connectivity index (χ2v) is 5.16. The topological polar surface area (TPSA) is 32.3 Å². The van der Waals surface area contributed by atoms with Crippen LogP contribution in [0.4, 0.5) is 5.69 Å². The van der Waals surface area contributed by atoms with Gasteiger partial charge in [-0.1, -0.05) is 26.3 Å². The van der Waals surface area contributed by atoms with Crippen LogP contribution in [0.25, 0.3) is 0 Å². The van der Waals surface area contributed by atoms with Crippen molar-refractivity contribution in [1.82, 2.24) is 4.90 Å². The van der Waals surface area contributed by atoms with Gasteiger partial charge in [0.2, 0.25) is 0 Å². The van der Waals surface area contributed by atoms with Crippen LogP contribution in [-0.4, -0.2) is 30.9 Å². The van der Waals surface area contributed by atoms with Crippen LogP contribution in [0.15, 0.2) is 18.2 Å². The van der Waals surface area contributed by atoms with Crippen molar-refractivity contribution in [3.05, 3.63) is 29.3 Å². The van der Waals surface area contributed by atoms with E-state index >= 15 is 0 Å². The third kappa shape index (κ3) is 3.98. The molecule has 1 aromatic carbocycles. The highest BCUT2D eigenvalue weighted by Crippen LogP contribution is 2.19. The summed E-state index contributed by atoms with van der Waals surface area (Å²) in [5, 5.41) is 3.12. The Labute approximate surface area is 117 Å². The van der Waals surface area contributed by atoms with Gasteiger partial charge in [0.15, 0.2) is 0 Å². The molecule has 1 rings (SSSR count). The fourth-order valence-corrected chi connectivity index (χ4v) is 2.08. The predicted octanol–water partition coefficient (Wildman–Crippen LogP) is 3.54. The molecule has 3 nitrogen and oxygen atoms in total. The summed E-state index contributed by atoms with van der Waals surface area (Å²) in [5.74, 6) is 0.652. The molecule has 1 aromatic rings. The Morgan fingerprint density at radius 3 is 2.58 bits per heavy atom. The minimum Gasteiger partial charge on any atom is -0.387 e. The highest BCUT2D eigenvalue weighted by Gasteiger charge is 2.18. The lowest BCUT2D eigenvalue weighted by atomic mass is 10.1. The van der Waals surface area contributed by atoms with Crippen molar-refractivity contribution in [2.75, 3.05) is 25.5 Å². The van der Waals surface area contributed by atoms with Crippen molar-refractivity contribution in [3.63, 3.8) is 0 Å². The van der Waals surface area contributed by atoms with E-state index in [1.165, 1.54) is 0 Å². The van der Waals surface area contributed by atoms with Crippen LogP contribution in [0.2, 0.25) is 0 Å². The number of benzene rings is 1. The Hall–Kier alpha value is -1.51. The average molecular weight is 262 g/mol. The molecule has 0 bridgehead atoms. The smallest absolute Gasteiger partial charge is 0.255 e. The Morgan fingerprint density at radius 2 is 2.05 bits per heavy atom. The monoisotopic (exact) mass is 262 g/mol. The minimum absolute atomic E-state index is 0.118. The number of nitrogens with zero attached hydrogens (tertiary/aromatic N) is 1. The highest BCUT2D eigenvalue weighted by molar-refractivity contribution is 5.99. The minimum atomic E-state index is 0.118. The van der Waals surface area contributed by atoms with Crippen molar-refractivity contribution in [1.29, 1.82) is 0 Å². The average Bonchev–Trinajstić information content (AvgIpc) is 2.43. The first-order valence-corrected chi connectivity index (χ1v) is 7.11. The molecule has 0 spiro atoms. The van der Waals surface area contributed by atoms with Crippen molar-refractivity contribution < 1.29 is 4.79 Å². The van der Waals surface area contributed by atoms with Gasteiger partial charge in [0.25, 0.3) is 5.91 Å². The maximum Gasteiger partial charge on any atom is 0.255 e. The fourth-order valence-electron chi connectivity index (χ4n) is 2.08. The van der Waals surface area contributed by atoms with Crippen LogP contribution >= 0.6 is 0 Å². The van der Waals surface area contributed by atoms with Crippen LogP contribution in [-0.2, 0) is 0 Å². The molecule has 0 aromatic heterocycles. The van der Waals surface area contributed by atoms with E-state index in [0.29, 0.717) is 5.92 Å². The van der Waals surface area contributed by atoms with Crippen molar-refractivity contribution >= 4 is 11.6 Å². The summed E-state index contributed by atoms with van der Waals surface area (Å²) in [6.07, 6.45) is 1.09. The molecule has 19 heavy (non-hydrogen) atoms. The van der Waals surface area contributed by atoms with E-state index < -0.39 is 0 Å². The van der Waals surface area contributed by atoms with Gasteiger partial charge in [-0.05, 0) is 37.5 Å². The lowest BCUT2D eigenvalue weighted by Crippen LogP contribution is -2.34. The molecule has 3 heteroatoms. The Balaban J connectivity index is 2.97. The maximum absolute atomic E-state index is 12.6. The van der Waals surface area contributed by atoms with Crippen LogP contribution in [0.3, 0.4) is 0 Å². The molecule has 0 fully saturated rings. The molecule has 0 aliphatic carbocycles. The molecule has 106 valence electrons. The zero-order valence-corrected chi connectivity index (χ0v) is 12.8. The highest BCUT2D eigenvalue weighted by atomic mass is 16.2. The van der Waals surface area contributed by atoms with E-state index in [-0.39, 0.29) is 5.91 Å². The summed E-state index contributed by atoms with van der Waals surface area (Å²) in [4.78, 5) is 14.5. The largest absolute Gasteiger partial charge is 0.387 e. The number of rotatable bonds is 6. The molecule has 1 amide bonds. The van der Waals surface area contributed by atoms with Gasteiger partial charge in [0.1, 0.15) is 0 Å². The molecule has 0 aliphatic heterocycles. The number of hydrogen-bond donors (Lipinski definition) is 1. The van der Waals surface area contributed by atoms with E-state index in [4.69, 9.17) is 0 Å². The molecule has 0 saturated carbocycles. The first-order chi connectivity index (χ1) is 9.03. The van der Waals surface area contributed by atoms with Gasteiger partial charge >= 0.3 is 0 Å². The first-order valence-electron chi connectivity index (χ1n) is 7.11. The van der Waals surface area contributed by atoms with Gasteiger partial charge in [0, 0.05) is 25.8 Å². The van der Waals surface area contributed by atoms with E-state index in [1.807, 2.05) is 44.0 Å². The van der Waals surface area contributed by atoms with E-state index in [1.54, 1.807) is 0 Å². The van der Waals surface area contributed by atoms with Gasteiger partial charge in [0.05, 0.1) is 5.56 Å². The zero-order valence-electron chi connectivity index (χ0n) is 12.8. The first kappa shape index (κ1) is 15.5. The molecular weight excluding hydrogens is 236 g/mol. The summed E-state index contributed by atoms with van der Waals surface area (Å²) < 4.78 is 0. The van der Waals surface area contributed by atoms with Crippen LogP contribution in [0.1, 0.15) is 43.1 Å². The standard InChI is InChI=1S/C16H26N2O/c1-6-12(3)11-18(7-2)16(19)14-9-8-13(4)10-15(14)17-5/h8-10,12,17H,6-7,11H2,1-5H3. The molecule has 1 atom stereocenters. The Kier molecular flexibility index (Phi) is 5.87. The van der Waals surface area contributed by atoms with E-state index in [9.17, 15) is 4.79 Å². The van der Waals surface area contributed by atoms with Crippen molar-refractivity contribution in [2.45, 2.75) is 34.1 Å². The third-order valence-electron chi connectivity index (χ3n) is 3.57. The second-order valence-electron chi connectivity index (χ2n) is 5.16. The second kappa shape index (κ2) is 7.17. The summed E-state index contributed by atoms with van der Waals surface area (Å²) in [5.41, 5.74) is 2.83. The number of carbonyl (C=O) groups is 1. The van der Waals surface area contributed by atoms with E-state index in [0.717, 1.165) is 36.3 Å². The molecule has 1 N–H and O–H groups in total. The molecule has 0 saturated heterocycles. The maximum atomic E-state index is 12.6. The lowest BCUT2D eigenvalue weighted by Gasteiger charge is -2.25. The molecule has 0 heterocycles. The van der Waals surface area contributed by atoms with E-state index in [2.05, 4.69) is 19.2 Å². The summed E-state index contributed by atoms with van der Waals surface area (Å²) in [6.45, 7) is 9.99. The van der Waals surface area contributed by atoms with Crippen molar-refractivity contribution in [3.8, 4) is 0 Å². The number of carbonyl (C=O) groups excluding carboxylic acids is 1. The lowest BCUT2D eigenvalue weighted by molar-refractivity contribution is 0.0742. The number of aryl methyl sites for hydroxylation is 1. The van der Waals surface area contributed by atoms with Gasteiger partial charge in [-0.2, -0.15) is 0 Å². The fraction of sp³-hybridized carbons (Fsp3) is 0.562. The van der Waals surface area contributed by atoms with Gasteiger partial charge in [-0.3, -0.25) is 4.79 Å². The van der Waals surface area contributed by atoms with Gasteiger partial charge in [-0.25, -0.2) is 0 Å². The van der Waals surface area contributed by atoms with Crippen LogP contribution in [0, 0.1) is 12.8 Å². The zero-order chi connectivity index (χ0) is 14.4. The number of nitrogens with one attached hydrogen (secondary N) is 1. The normalized spacial score (nSPS) is 12.1. The number of anilines is 1. The molecule has 1 unspecified atom stereocenters. The summed E-state index contributed by atoms with van der Waals surface area (Å²) >= 11 is 0. The van der Waals surface area contributed by atoms with Crippen LogP contribution < -0.4 is 5.32 Å². The van der Waals surface area contributed by atoms with Gasteiger partial charge in [-0.15, -0.1) is 0 Å². The summed E-state index contributed by atoms with van der Waals surface area (Å²) in [6, 6.07) is 5.93. The predicted molar refractivity (Wildman–Crippen MR) is 81.8 cm³/mol. The van der Waals surface area contributed by atoms with Crippen molar-refractivity contribution in [2.24, 2.45) is 5.92 Å². The SMILES string of the molecule is CCC(C)CN(CC)C(=O)c1ccc(C)cc1NC. The quantitative estimate of drug-likeness (QED) is 0.850. The third-order valence-corrected chi connectivity index (χ3v) is 3.57. The molecule has 0 aliphatic rings. The number of hydrogen-bond acceptors (Lipinski definition) is 2. The van der Waals surface area contributed by atoms with Crippen LogP contribution in [0.5, 0.6) is 0 Å². The summed E-state index contributed by atoms with van der Waals surface area (Å²) in [7, 11) is 1.86. The molecular formula is C16H26N2O.